The highest BCUT2D eigenvalue weighted by atomic mass is 16.5. The molecule has 0 saturated heterocycles. The zero-order valence-electron chi connectivity index (χ0n) is 14.8. The summed E-state index contributed by atoms with van der Waals surface area (Å²) in [6, 6.07) is 18.8. The van der Waals surface area contributed by atoms with E-state index in [1.165, 1.54) is 16.7 Å². The van der Waals surface area contributed by atoms with Gasteiger partial charge in [0.1, 0.15) is 0 Å². The van der Waals surface area contributed by atoms with Crippen LogP contribution in [0.15, 0.2) is 59.6 Å². The van der Waals surface area contributed by atoms with Gasteiger partial charge in [-0.1, -0.05) is 54.6 Å². The summed E-state index contributed by atoms with van der Waals surface area (Å²) in [4.78, 5) is 4.26. The van der Waals surface area contributed by atoms with Crippen molar-refractivity contribution in [3.8, 4) is 0 Å². The van der Waals surface area contributed by atoms with Crippen LogP contribution in [0.1, 0.15) is 30.5 Å². The van der Waals surface area contributed by atoms with Gasteiger partial charge < -0.3 is 15.4 Å². The van der Waals surface area contributed by atoms with Crippen LogP contribution in [-0.2, 0) is 24.4 Å². The molecular formula is C20H27N3O. The number of nitrogens with one attached hydrogen (secondary N) is 2. The Bertz CT molecular complexity index is 621. The summed E-state index contributed by atoms with van der Waals surface area (Å²) in [5.41, 5.74) is 3.64. The maximum Gasteiger partial charge on any atom is 0.191 e. The van der Waals surface area contributed by atoms with Crippen molar-refractivity contribution < 1.29 is 4.74 Å². The average molecular weight is 325 g/mol. The van der Waals surface area contributed by atoms with E-state index in [9.17, 15) is 0 Å². The van der Waals surface area contributed by atoms with E-state index in [0.29, 0.717) is 6.61 Å². The molecule has 0 radical (unpaired) electrons. The molecule has 128 valence electrons. The van der Waals surface area contributed by atoms with E-state index in [-0.39, 0.29) is 6.10 Å². The zero-order valence-corrected chi connectivity index (χ0v) is 14.8. The van der Waals surface area contributed by atoms with Crippen LogP contribution in [0.2, 0.25) is 0 Å². The van der Waals surface area contributed by atoms with Crippen molar-refractivity contribution in [2.24, 2.45) is 4.99 Å². The van der Waals surface area contributed by atoms with Gasteiger partial charge in [0, 0.05) is 20.1 Å². The highest BCUT2D eigenvalue weighted by Crippen LogP contribution is 2.07. The highest BCUT2D eigenvalue weighted by Gasteiger charge is 2.00. The average Bonchev–Trinajstić information content (AvgIpc) is 2.62. The van der Waals surface area contributed by atoms with Crippen LogP contribution in [0.5, 0.6) is 0 Å². The molecule has 2 rings (SSSR count). The monoisotopic (exact) mass is 325 g/mol. The zero-order chi connectivity index (χ0) is 17.2. The Morgan fingerprint density at radius 1 is 0.875 bits per heavy atom. The van der Waals surface area contributed by atoms with Crippen LogP contribution in [0, 0.1) is 0 Å². The smallest absolute Gasteiger partial charge is 0.191 e. The van der Waals surface area contributed by atoms with E-state index in [2.05, 4.69) is 52.0 Å². The molecule has 0 unspecified atom stereocenters. The first-order chi connectivity index (χ1) is 11.7. The number of aliphatic imine (C=N–C) groups is 1. The topological polar surface area (TPSA) is 45.7 Å². The molecule has 0 atom stereocenters. The Labute approximate surface area is 145 Å². The quantitative estimate of drug-likeness (QED) is 0.605. The molecule has 0 bridgehead atoms. The maximum atomic E-state index is 5.61. The Morgan fingerprint density at radius 2 is 1.42 bits per heavy atom. The maximum absolute atomic E-state index is 5.61. The lowest BCUT2D eigenvalue weighted by molar-refractivity contribution is 0.0657. The lowest BCUT2D eigenvalue weighted by Gasteiger charge is -2.12. The molecule has 0 saturated carbocycles. The van der Waals surface area contributed by atoms with E-state index < -0.39 is 0 Å². The van der Waals surface area contributed by atoms with Gasteiger partial charge in [-0.05, 0) is 30.5 Å². The molecule has 0 amide bonds. The van der Waals surface area contributed by atoms with Crippen LogP contribution in [0.4, 0.5) is 0 Å². The van der Waals surface area contributed by atoms with E-state index >= 15 is 0 Å². The number of hydrogen-bond acceptors (Lipinski definition) is 2. The molecule has 0 aliphatic heterocycles. The molecule has 0 spiro atoms. The molecule has 4 heteroatoms. The van der Waals surface area contributed by atoms with E-state index in [1.54, 1.807) is 7.05 Å². The van der Waals surface area contributed by atoms with Crippen molar-refractivity contribution >= 4 is 5.96 Å². The van der Waals surface area contributed by atoms with E-state index in [0.717, 1.165) is 19.0 Å². The molecule has 0 aliphatic carbocycles. The number of nitrogens with zero attached hydrogens (tertiary/aromatic N) is 1. The van der Waals surface area contributed by atoms with Crippen molar-refractivity contribution in [3.05, 3.63) is 71.3 Å². The van der Waals surface area contributed by atoms with Crippen LogP contribution in [-0.4, -0.2) is 19.1 Å². The molecule has 2 aromatic rings. The second kappa shape index (κ2) is 9.73. The summed E-state index contributed by atoms with van der Waals surface area (Å²) in [7, 11) is 1.78. The molecule has 0 aromatic heterocycles. The van der Waals surface area contributed by atoms with Gasteiger partial charge in [0.25, 0.3) is 0 Å². The number of guanidine groups is 1. The van der Waals surface area contributed by atoms with Gasteiger partial charge in [-0.3, -0.25) is 4.99 Å². The minimum Gasteiger partial charge on any atom is -0.374 e. The molecule has 0 heterocycles. The van der Waals surface area contributed by atoms with Gasteiger partial charge >= 0.3 is 0 Å². The minimum atomic E-state index is 0.255. The van der Waals surface area contributed by atoms with Gasteiger partial charge in [0.2, 0.25) is 0 Å². The molecule has 4 nitrogen and oxygen atoms in total. The standard InChI is InChI=1S/C20H27N3O/c1-16(2)24-15-19-11-9-18(10-12-19)14-23-20(21-3)22-13-17-7-5-4-6-8-17/h4-12,16H,13-15H2,1-3H3,(H2,21,22,23). The molecule has 24 heavy (non-hydrogen) atoms. The highest BCUT2D eigenvalue weighted by molar-refractivity contribution is 5.79. The summed E-state index contributed by atoms with van der Waals surface area (Å²) in [6.07, 6.45) is 0.255. The molecule has 2 N–H and O–H groups in total. The lowest BCUT2D eigenvalue weighted by atomic mass is 10.1. The largest absolute Gasteiger partial charge is 0.374 e. The normalized spacial score (nSPS) is 11.6. The SMILES string of the molecule is CN=C(NCc1ccccc1)NCc1ccc(COC(C)C)cc1. The van der Waals surface area contributed by atoms with Crippen molar-refractivity contribution in [2.75, 3.05) is 7.05 Å². The predicted octanol–water partition coefficient (Wildman–Crippen LogP) is 3.48. The number of rotatable bonds is 7. The van der Waals surface area contributed by atoms with Gasteiger partial charge in [0.15, 0.2) is 5.96 Å². The first-order valence-electron chi connectivity index (χ1n) is 8.35. The first kappa shape index (κ1) is 18.0. The summed E-state index contributed by atoms with van der Waals surface area (Å²) < 4.78 is 5.61. The Balaban J connectivity index is 1.78. The Morgan fingerprint density at radius 3 is 1.96 bits per heavy atom. The van der Waals surface area contributed by atoms with E-state index in [1.807, 2.05) is 32.0 Å². The molecule has 2 aromatic carbocycles. The Hall–Kier alpha value is -2.33. The third-order valence-corrected chi connectivity index (χ3v) is 3.59. The van der Waals surface area contributed by atoms with Crippen molar-refractivity contribution in [1.29, 1.82) is 0 Å². The third-order valence-electron chi connectivity index (χ3n) is 3.59. The second-order valence-electron chi connectivity index (χ2n) is 5.94. The summed E-state index contributed by atoms with van der Waals surface area (Å²) in [5.74, 6) is 0.797. The van der Waals surface area contributed by atoms with Crippen molar-refractivity contribution in [3.63, 3.8) is 0 Å². The number of ether oxygens (including phenoxy) is 1. The summed E-state index contributed by atoms with van der Waals surface area (Å²) >= 11 is 0. The van der Waals surface area contributed by atoms with Crippen molar-refractivity contribution in [1.82, 2.24) is 10.6 Å². The Kier molecular flexibility index (Phi) is 7.30. The minimum absolute atomic E-state index is 0.255. The molecule has 0 fully saturated rings. The van der Waals surface area contributed by atoms with Crippen LogP contribution >= 0.6 is 0 Å². The molecular weight excluding hydrogens is 298 g/mol. The van der Waals surface area contributed by atoms with Gasteiger partial charge in [-0.25, -0.2) is 0 Å². The fourth-order valence-corrected chi connectivity index (χ4v) is 2.20. The number of hydrogen-bond donors (Lipinski definition) is 2. The van der Waals surface area contributed by atoms with Crippen LogP contribution in [0.3, 0.4) is 0 Å². The van der Waals surface area contributed by atoms with E-state index in [4.69, 9.17) is 4.74 Å². The first-order valence-corrected chi connectivity index (χ1v) is 8.35. The summed E-state index contributed by atoms with van der Waals surface area (Å²) in [5, 5.41) is 6.65. The lowest BCUT2D eigenvalue weighted by Crippen LogP contribution is -2.36. The second-order valence-corrected chi connectivity index (χ2v) is 5.94. The summed E-state index contributed by atoms with van der Waals surface area (Å²) in [6.45, 7) is 6.25. The fourth-order valence-electron chi connectivity index (χ4n) is 2.20. The van der Waals surface area contributed by atoms with Crippen LogP contribution in [0.25, 0.3) is 0 Å². The van der Waals surface area contributed by atoms with Gasteiger partial charge in [-0.15, -0.1) is 0 Å². The van der Waals surface area contributed by atoms with Gasteiger partial charge in [0.05, 0.1) is 12.7 Å². The molecule has 0 aliphatic rings. The number of benzene rings is 2. The third kappa shape index (κ3) is 6.42. The predicted molar refractivity (Wildman–Crippen MR) is 99.8 cm³/mol. The van der Waals surface area contributed by atoms with Crippen LogP contribution < -0.4 is 10.6 Å². The van der Waals surface area contributed by atoms with Crippen molar-refractivity contribution in [2.45, 2.75) is 39.6 Å². The fraction of sp³-hybridized carbons (Fsp3) is 0.350. The van der Waals surface area contributed by atoms with Gasteiger partial charge in [-0.2, -0.15) is 0 Å².